The molecule has 1 saturated heterocycles. The van der Waals surface area contributed by atoms with Gasteiger partial charge >= 0.3 is 0 Å². The van der Waals surface area contributed by atoms with Crippen LogP contribution in [0.1, 0.15) is 39.0 Å². The van der Waals surface area contributed by atoms with Crippen LogP contribution in [-0.4, -0.2) is 52.2 Å². The van der Waals surface area contributed by atoms with Crippen LogP contribution in [0.2, 0.25) is 0 Å². The van der Waals surface area contributed by atoms with Crippen LogP contribution in [0.5, 0.6) is 0 Å². The van der Waals surface area contributed by atoms with Gasteiger partial charge in [0.1, 0.15) is 0 Å². The summed E-state index contributed by atoms with van der Waals surface area (Å²) < 4.78 is 11.3. The van der Waals surface area contributed by atoms with Crippen molar-refractivity contribution in [3.05, 3.63) is 11.6 Å². The number of rotatable bonds is 5. The van der Waals surface area contributed by atoms with Crippen LogP contribution < -0.4 is 5.32 Å². The van der Waals surface area contributed by atoms with Crippen LogP contribution in [-0.2, 0) is 15.6 Å². The van der Waals surface area contributed by atoms with E-state index in [9.17, 15) is 9.00 Å². The first-order valence-corrected chi connectivity index (χ1v) is 9.20. The molecule has 1 fully saturated rings. The first kappa shape index (κ1) is 15.7. The van der Waals surface area contributed by atoms with E-state index in [4.69, 9.17) is 0 Å². The molecule has 0 saturated carbocycles. The van der Waals surface area contributed by atoms with Gasteiger partial charge in [-0.05, 0) is 39.0 Å². The van der Waals surface area contributed by atoms with Gasteiger partial charge in [0, 0.05) is 41.9 Å². The van der Waals surface area contributed by atoms with Crippen molar-refractivity contribution in [2.75, 3.05) is 31.1 Å². The highest BCUT2D eigenvalue weighted by molar-refractivity contribution is 7.85. The number of carbonyl (C=O) groups is 1. The molecule has 1 heterocycles. The maximum atomic E-state index is 12.1. The highest BCUT2D eigenvalue weighted by atomic mass is 32.2. The summed E-state index contributed by atoms with van der Waals surface area (Å²) in [6.07, 6.45) is 8.32. The van der Waals surface area contributed by atoms with E-state index in [0.29, 0.717) is 11.5 Å². The number of carbonyl (C=O) groups excluding carboxylic acids is 1. The minimum atomic E-state index is -0.680. The second kappa shape index (κ2) is 7.93. The van der Waals surface area contributed by atoms with Gasteiger partial charge < -0.3 is 5.32 Å². The van der Waals surface area contributed by atoms with E-state index in [-0.39, 0.29) is 11.9 Å². The molecule has 1 aliphatic carbocycles. The summed E-state index contributed by atoms with van der Waals surface area (Å²) in [6, 6.07) is -0.104. The molecule has 5 heteroatoms. The monoisotopic (exact) mass is 298 g/mol. The Labute approximate surface area is 124 Å². The molecule has 2 aliphatic rings. The normalized spacial score (nSPS) is 23.1. The van der Waals surface area contributed by atoms with Crippen molar-refractivity contribution in [3.63, 3.8) is 0 Å². The molecule has 1 amide bonds. The fourth-order valence-corrected chi connectivity index (χ4v) is 3.91. The van der Waals surface area contributed by atoms with Gasteiger partial charge in [0.2, 0.25) is 5.91 Å². The first-order valence-electron chi connectivity index (χ1n) is 7.71. The molecule has 2 rings (SSSR count). The van der Waals surface area contributed by atoms with E-state index in [0.717, 1.165) is 26.1 Å². The molecular formula is C15H26N2O2S. The Morgan fingerprint density at radius 2 is 2.15 bits per heavy atom. The Kier molecular flexibility index (Phi) is 6.23. The zero-order valence-corrected chi connectivity index (χ0v) is 13.2. The maximum Gasteiger partial charge on any atom is 0.237 e. The number of amides is 1. The Morgan fingerprint density at radius 3 is 2.80 bits per heavy atom. The molecule has 0 aromatic carbocycles. The lowest BCUT2D eigenvalue weighted by molar-refractivity contribution is -0.125. The fourth-order valence-electron chi connectivity index (χ4n) is 2.83. The van der Waals surface area contributed by atoms with Crippen molar-refractivity contribution in [3.8, 4) is 0 Å². The molecule has 0 spiro atoms. The van der Waals surface area contributed by atoms with Crippen LogP contribution in [0.25, 0.3) is 0 Å². The third-order valence-electron chi connectivity index (χ3n) is 4.27. The molecule has 1 unspecified atom stereocenters. The molecule has 4 nitrogen and oxygen atoms in total. The second-order valence-corrected chi connectivity index (χ2v) is 7.41. The molecule has 1 N–H and O–H groups in total. The lowest BCUT2D eigenvalue weighted by atomic mass is 9.97. The summed E-state index contributed by atoms with van der Waals surface area (Å²) in [5.41, 5.74) is 1.50. The summed E-state index contributed by atoms with van der Waals surface area (Å²) in [4.78, 5) is 14.3. The largest absolute Gasteiger partial charge is 0.354 e. The van der Waals surface area contributed by atoms with Gasteiger partial charge in [0.15, 0.2) is 0 Å². The summed E-state index contributed by atoms with van der Waals surface area (Å²) in [7, 11) is -0.680. The number of nitrogens with zero attached hydrogens (tertiary/aromatic N) is 1. The predicted octanol–water partition coefficient (Wildman–Crippen LogP) is 1.45. The Morgan fingerprint density at radius 1 is 1.40 bits per heavy atom. The Hall–Kier alpha value is -0.680. The van der Waals surface area contributed by atoms with Crippen LogP contribution >= 0.6 is 0 Å². The van der Waals surface area contributed by atoms with E-state index in [1.54, 1.807) is 0 Å². The average Bonchev–Trinajstić information content (AvgIpc) is 2.48. The van der Waals surface area contributed by atoms with Crippen molar-refractivity contribution >= 4 is 16.7 Å². The molecule has 0 bridgehead atoms. The average molecular weight is 298 g/mol. The lowest BCUT2D eigenvalue weighted by Crippen LogP contribution is -2.50. The highest BCUT2D eigenvalue weighted by Crippen LogP contribution is 2.19. The number of allylic oxidation sites excluding steroid dienone is 1. The van der Waals surface area contributed by atoms with Crippen molar-refractivity contribution < 1.29 is 9.00 Å². The molecule has 1 atom stereocenters. The van der Waals surface area contributed by atoms with E-state index < -0.39 is 10.8 Å². The highest BCUT2D eigenvalue weighted by Gasteiger charge is 2.24. The molecular weight excluding hydrogens is 272 g/mol. The lowest BCUT2D eigenvalue weighted by Gasteiger charge is -2.31. The zero-order chi connectivity index (χ0) is 14.4. The molecule has 20 heavy (non-hydrogen) atoms. The Bertz CT molecular complexity index is 385. The molecule has 114 valence electrons. The van der Waals surface area contributed by atoms with Crippen LogP contribution in [0.15, 0.2) is 11.6 Å². The summed E-state index contributed by atoms with van der Waals surface area (Å²) in [5.74, 6) is 1.50. The van der Waals surface area contributed by atoms with Gasteiger partial charge in [-0.1, -0.05) is 11.6 Å². The van der Waals surface area contributed by atoms with Gasteiger partial charge in [-0.15, -0.1) is 0 Å². The van der Waals surface area contributed by atoms with Gasteiger partial charge in [-0.3, -0.25) is 13.9 Å². The smallest absolute Gasteiger partial charge is 0.237 e. The third-order valence-corrected chi connectivity index (χ3v) is 5.55. The Balaban J connectivity index is 1.68. The van der Waals surface area contributed by atoms with E-state index >= 15 is 0 Å². The SMILES string of the molecule is CC(C(=O)NCCC1=CCCCC1)N1CCS(=O)CC1. The van der Waals surface area contributed by atoms with Crippen LogP contribution in [0.3, 0.4) is 0 Å². The van der Waals surface area contributed by atoms with Gasteiger partial charge in [-0.2, -0.15) is 0 Å². The predicted molar refractivity (Wildman–Crippen MR) is 83.1 cm³/mol. The van der Waals surface area contributed by atoms with Crippen molar-refractivity contribution in [1.82, 2.24) is 10.2 Å². The fraction of sp³-hybridized carbons (Fsp3) is 0.800. The summed E-state index contributed by atoms with van der Waals surface area (Å²) >= 11 is 0. The minimum Gasteiger partial charge on any atom is -0.354 e. The number of hydrogen-bond acceptors (Lipinski definition) is 3. The standard InChI is InChI=1S/C15H26N2O2S/c1-13(17-9-11-20(19)12-10-17)15(18)16-8-7-14-5-3-2-4-6-14/h5,13H,2-4,6-12H2,1H3,(H,16,18). The van der Waals surface area contributed by atoms with Crippen LogP contribution in [0.4, 0.5) is 0 Å². The number of hydrogen-bond donors (Lipinski definition) is 1. The summed E-state index contributed by atoms with van der Waals surface area (Å²) in [6.45, 7) is 4.23. The van der Waals surface area contributed by atoms with E-state index in [2.05, 4.69) is 16.3 Å². The third kappa shape index (κ3) is 4.70. The minimum absolute atomic E-state index is 0.104. The first-order chi connectivity index (χ1) is 9.66. The molecule has 0 aromatic heterocycles. The molecule has 0 aromatic rings. The van der Waals surface area contributed by atoms with E-state index in [1.807, 2.05) is 6.92 Å². The second-order valence-electron chi connectivity index (χ2n) is 5.71. The quantitative estimate of drug-likeness (QED) is 0.782. The van der Waals surface area contributed by atoms with Gasteiger partial charge in [0.25, 0.3) is 0 Å². The topological polar surface area (TPSA) is 49.4 Å². The van der Waals surface area contributed by atoms with Crippen molar-refractivity contribution in [1.29, 1.82) is 0 Å². The summed E-state index contributed by atoms with van der Waals surface area (Å²) in [5, 5.41) is 3.04. The number of nitrogens with one attached hydrogen (secondary N) is 1. The zero-order valence-electron chi connectivity index (χ0n) is 12.4. The molecule has 0 radical (unpaired) electrons. The molecule has 1 aliphatic heterocycles. The van der Waals surface area contributed by atoms with Crippen LogP contribution in [0, 0.1) is 0 Å². The van der Waals surface area contributed by atoms with Gasteiger partial charge in [0.05, 0.1) is 6.04 Å². The van der Waals surface area contributed by atoms with E-state index in [1.165, 1.54) is 31.3 Å². The van der Waals surface area contributed by atoms with Gasteiger partial charge in [-0.25, -0.2) is 0 Å². The maximum absolute atomic E-state index is 12.1. The van der Waals surface area contributed by atoms with Crippen molar-refractivity contribution in [2.24, 2.45) is 0 Å². The van der Waals surface area contributed by atoms with Crippen molar-refractivity contribution in [2.45, 2.75) is 45.1 Å².